The van der Waals surface area contributed by atoms with Crippen molar-refractivity contribution < 1.29 is 14.6 Å². The van der Waals surface area contributed by atoms with Crippen molar-refractivity contribution in [3.8, 4) is 5.75 Å². The molecule has 0 aromatic heterocycles. The van der Waals surface area contributed by atoms with Crippen molar-refractivity contribution >= 4 is 16.7 Å². The van der Waals surface area contributed by atoms with Crippen LogP contribution >= 0.6 is 0 Å². The van der Waals surface area contributed by atoms with Crippen LogP contribution in [-0.2, 0) is 11.2 Å². The third kappa shape index (κ3) is 2.75. The predicted octanol–water partition coefficient (Wildman–Crippen LogP) is 2.87. The average molecular weight is 230 g/mol. The summed E-state index contributed by atoms with van der Waals surface area (Å²) in [6.45, 7) is 0. The summed E-state index contributed by atoms with van der Waals surface area (Å²) in [6, 6.07) is 11.8. The van der Waals surface area contributed by atoms with Crippen LogP contribution in [0.3, 0.4) is 0 Å². The molecule has 0 bridgehead atoms. The summed E-state index contributed by atoms with van der Waals surface area (Å²) in [5.74, 6) is 0.0654. The molecular formula is C14H14O3. The fourth-order valence-corrected chi connectivity index (χ4v) is 1.81. The number of fused-ring (bicyclic) bond motifs is 1. The van der Waals surface area contributed by atoms with Gasteiger partial charge in [0.05, 0.1) is 7.11 Å². The third-order valence-corrected chi connectivity index (χ3v) is 2.74. The van der Waals surface area contributed by atoms with E-state index in [2.05, 4.69) is 0 Å². The van der Waals surface area contributed by atoms with E-state index in [1.165, 1.54) is 0 Å². The lowest BCUT2D eigenvalue weighted by Crippen LogP contribution is -1.97. The number of ether oxygens (including phenoxy) is 1. The molecule has 3 nitrogen and oxygen atoms in total. The number of benzene rings is 2. The maximum absolute atomic E-state index is 10.5. The zero-order chi connectivity index (χ0) is 12.3. The maximum atomic E-state index is 10.5. The lowest BCUT2D eigenvalue weighted by molar-refractivity contribution is -0.136. The molecular weight excluding hydrogens is 216 g/mol. The molecule has 1 N–H and O–H groups in total. The van der Waals surface area contributed by atoms with Crippen LogP contribution < -0.4 is 4.74 Å². The summed E-state index contributed by atoms with van der Waals surface area (Å²) in [6.07, 6.45) is 0.735. The number of carboxylic acid groups (broad SMARTS) is 1. The minimum atomic E-state index is -0.764. The minimum absolute atomic E-state index is 0.168. The minimum Gasteiger partial charge on any atom is -0.497 e. The molecule has 0 saturated heterocycles. The van der Waals surface area contributed by atoms with E-state index in [0.29, 0.717) is 6.42 Å². The number of rotatable bonds is 4. The number of methoxy groups -OCH3 is 1. The van der Waals surface area contributed by atoms with Gasteiger partial charge in [0.25, 0.3) is 0 Å². The summed E-state index contributed by atoms with van der Waals surface area (Å²) in [7, 11) is 1.64. The molecule has 0 saturated carbocycles. The molecule has 3 heteroatoms. The van der Waals surface area contributed by atoms with Gasteiger partial charge in [0.1, 0.15) is 5.75 Å². The quantitative estimate of drug-likeness (QED) is 0.878. The standard InChI is InChI=1S/C14H14O3/c1-17-13-6-5-11-8-10(3-7-14(15)16)2-4-12(11)9-13/h2,4-6,8-9H,3,7H2,1H3,(H,15,16). The smallest absolute Gasteiger partial charge is 0.303 e. The Labute approximate surface area is 99.6 Å². The summed E-state index contributed by atoms with van der Waals surface area (Å²) in [4.78, 5) is 10.5. The zero-order valence-electron chi connectivity index (χ0n) is 9.64. The molecule has 0 amide bonds. The summed E-state index contributed by atoms with van der Waals surface area (Å²) >= 11 is 0. The second-order valence-electron chi connectivity index (χ2n) is 3.94. The molecule has 0 heterocycles. The Hall–Kier alpha value is -2.03. The molecule has 2 aromatic carbocycles. The van der Waals surface area contributed by atoms with Crippen LogP contribution in [0.5, 0.6) is 5.75 Å². The first-order valence-corrected chi connectivity index (χ1v) is 5.47. The highest BCUT2D eigenvalue weighted by atomic mass is 16.5. The lowest BCUT2D eigenvalue weighted by Gasteiger charge is -2.04. The van der Waals surface area contributed by atoms with E-state index in [1.54, 1.807) is 7.11 Å². The number of aryl methyl sites for hydroxylation is 1. The molecule has 88 valence electrons. The van der Waals surface area contributed by atoms with Crippen LogP contribution in [0.25, 0.3) is 10.8 Å². The second-order valence-corrected chi connectivity index (χ2v) is 3.94. The fraction of sp³-hybridized carbons (Fsp3) is 0.214. The summed E-state index contributed by atoms with van der Waals surface area (Å²) in [5, 5.41) is 10.8. The Morgan fingerprint density at radius 1 is 1.18 bits per heavy atom. The van der Waals surface area contributed by atoms with Crippen LogP contribution in [0.1, 0.15) is 12.0 Å². The average Bonchev–Trinajstić information content (AvgIpc) is 2.35. The Morgan fingerprint density at radius 2 is 1.88 bits per heavy atom. The van der Waals surface area contributed by atoms with E-state index in [1.807, 2.05) is 36.4 Å². The Bertz CT molecular complexity index is 546. The van der Waals surface area contributed by atoms with E-state index in [9.17, 15) is 4.79 Å². The van der Waals surface area contributed by atoms with Crippen molar-refractivity contribution in [3.63, 3.8) is 0 Å². The van der Waals surface area contributed by atoms with Gasteiger partial charge in [-0.15, -0.1) is 0 Å². The Balaban J connectivity index is 2.28. The van der Waals surface area contributed by atoms with Crippen molar-refractivity contribution in [2.75, 3.05) is 7.11 Å². The van der Waals surface area contributed by atoms with Gasteiger partial charge in [-0.05, 0) is 34.9 Å². The van der Waals surface area contributed by atoms with E-state index >= 15 is 0 Å². The van der Waals surface area contributed by atoms with E-state index in [4.69, 9.17) is 9.84 Å². The van der Waals surface area contributed by atoms with Crippen molar-refractivity contribution in [2.24, 2.45) is 0 Å². The molecule has 0 aliphatic heterocycles. The van der Waals surface area contributed by atoms with Gasteiger partial charge < -0.3 is 9.84 Å². The highest BCUT2D eigenvalue weighted by Gasteiger charge is 2.01. The van der Waals surface area contributed by atoms with Crippen LogP contribution in [0, 0.1) is 0 Å². The number of aliphatic carboxylic acids is 1. The molecule has 2 rings (SSSR count). The van der Waals surface area contributed by atoms with Gasteiger partial charge in [0, 0.05) is 6.42 Å². The van der Waals surface area contributed by atoms with Gasteiger partial charge in [-0.1, -0.05) is 24.3 Å². The first kappa shape index (κ1) is 11.5. The number of carbonyl (C=O) groups is 1. The molecule has 0 radical (unpaired) electrons. The van der Waals surface area contributed by atoms with Gasteiger partial charge in [0.2, 0.25) is 0 Å². The second kappa shape index (κ2) is 4.87. The molecule has 0 aliphatic rings. The normalized spacial score (nSPS) is 10.4. The molecule has 0 fully saturated rings. The molecule has 0 unspecified atom stereocenters. The van der Waals surface area contributed by atoms with Crippen molar-refractivity contribution in [3.05, 3.63) is 42.0 Å². The monoisotopic (exact) mass is 230 g/mol. The number of hydrogen-bond donors (Lipinski definition) is 1. The lowest BCUT2D eigenvalue weighted by atomic mass is 10.0. The first-order valence-electron chi connectivity index (χ1n) is 5.47. The fourth-order valence-electron chi connectivity index (χ4n) is 1.81. The van der Waals surface area contributed by atoms with Crippen molar-refractivity contribution in [1.29, 1.82) is 0 Å². The van der Waals surface area contributed by atoms with Gasteiger partial charge in [-0.3, -0.25) is 4.79 Å². The van der Waals surface area contributed by atoms with Gasteiger partial charge >= 0.3 is 5.97 Å². The van der Waals surface area contributed by atoms with Crippen LogP contribution in [0.2, 0.25) is 0 Å². The molecule has 0 atom stereocenters. The molecule has 2 aromatic rings. The van der Waals surface area contributed by atoms with Gasteiger partial charge in [-0.25, -0.2) is 0 Å². The highest BCUT2D eigenvalue weighted by Crippen LogP contribution is 2.22. The van der Waals surface area contributed by atoms with Crippen LogP contribution in [0.4, 0.5) is 0 Å². The SMILES string of the molecule is COc1ccc2cc(CCC(=O)O)ccc2c1. The van der Waals surface area contributed by atoms with Gasteiger partial charge in [0.15, 0.2) is 0 Å². The number of hydrogen-bond acceptors (Lipinski definition) is 2. The maximum Gasteiger partial charge on any atom is 0.303 e. The Morgan fingerprint density at radius 3 is 2.59 bits per heavy atom. The zero-order valence-corrected chi connectivity index (χ0v) is 9.64. The van der Waals surface area contributed by atoms with Crippen molar-refractivity contribution in [2.45, 2.75) is 12.8 Å². The number of carboxylic acids is 1. The highest BCUT2D eigenvalue weighted by molar-refractivity contribution is 5.84. The molecule has 0 aliphatic carbocycles. The van der Waals surface area contributed by atoms with Crippen molar-refractivity contribution in [1.82, 2.24) is 0 Å². The third-order valence-electron chi connectivity index (χ3n) is 2.74. The van der Waals surface area contributed by atoms with E-state index in [-0.39, 0.29) is 6.42 Å². The summed E-state index contributed by atoms with van der Waals surface area (Å²) < 4.78 is 5.15. The largest absolute Gasteiger partial charge is 0.497 e. The molecule has 0 spiro atoms. The van der Waals surface area contributed by atoms with E-state index in [0.717, 1.165) is 22.1 Å². The topological polar surface area (TPSA) is 46.5 Å². The first-order chi connectivity index (χ1) is 8.19. The van der Waals surface area contributed by atoms with Gasteiger partial charge in [-0.2, -0.15) is 0 Å². The molecule has 17 heavy (non-hydrogen) atoms. The van der Waals surface area contributed by atoms with Crippen LogP contribution in [-0.4, -0.2) is 18.2 Å². The predicted molar refractivity (Wildman–Crippen MR) is 66.5 cm³/mol. The summed E-state index contributed by atoms with van der Waals surface area (Å²) in [5.41, 5.74) is 1.05. The Kier molecular flexibility index (Phi) is 3.28. The van der Waals surface area contributed by atoms with E-state index < -0.39 is 5.97 Å². The van der Waals surface area contributed by atoms with Crippen LogP contribution in [0.15, 0.2) is 36.4 Å².